The van der Waals surface area contributed by atoms with Gasteiger partial charge in [-0.2, -0.15) is 0 Å². The molecule has 0 radical (unpaired) electrons. The van der Waals surface area contributed by atoms with E-state index in [9.17, 15) is 9.59 Å². The third-order valence-electron chi connectivity index (χ3n) is 5.61. The number of hydrogen-bond acceptors (Lipinski definition) is 3. The van der Waals surface area contributed by atoms with Gasteiger partial charge in [0, 0.05) is 16.6 Å². The molecule has 1 unspecified atom stereocenters. The summed E-state index contributed by atoms with van der Waals surface area (Å²) in [6, 6.07) is 18.4. The highest BCUT2D eigenvalue weighted by atomic mass is 35.5. The predicted molar refractivity (Wildman–Crippen MR) is 139 cm³/mol. The second-order valence-electron chi connectivity index (χ2n) is 7.90. The first-order chi connectivity index (χ1) is 16.3. The summed E-state index contributed by atoms with van der Waals surface area (Å²) < 4.78 is 1.54. The summed E-state index contributed by atoms with van der Waals surface area (Å²) in [7, 11) is 0. The van der Waals surface area contributed by atoms with Gasteiger partial charge in [0.25, 0.3) is 11.5 Å². The fourth-order valence-electron chi connectivity index (χ4n) is 3.94. The van der Waals surface area contributed by atoms with Gasteiger partial charge < -0.3 is 4.90 Å². The van der Waals surface area contributed by atoms with E-state index in [2.05, 4.69) is 0 Å². The Balaban J connectivity index is 1.90. The number of nitrogens with zero attached hydrogens (tertiary/aromatic N) is 3. The number of carbonyl (C=O) groups excluding carboxylic acids is 1. The van der Waals surface area contributed by atoms with Crippen molar-refractivity contribution in [1.82, 2.24) is 14.5 Å². The fourth-order valence-corrected chi connectivity index (χ4v) is 4.55. The van der Waals surface area contributed by atoms with Gasteiger partial charge in [-0.25, -0.2) is 4.98 Å². The summed E-state index contributed by atoms with van der Waals surface area (Å²) >= 11 is 18.5. The first-order valence-corrected chi connectivity index (χ1v) is 12.0. The minimum Gasteiger partial charge on any atom is -0.329 e. The predicted octanol–water partition coefficient (Wildman–Crippen LogP) is 6.96. The molecule has 0 saturated carbocycles. The molecule has 4 rings (SSSR count). The number of halogens is 3. The molecule has 1 amide bonds. The summed E-state index contributed by atoms with van der Waals surface area (Å²) in [6.45, 7) is 4.29. The minimum atomic E-state index is -0.535. The van der Waals surface area contributed by atoms with E-state index in [1.165, 1.54) is 0 Å². The SMILES string of the molecule is CCCN(C(=O)c1ccc(Cl)cc1Cl)C(C)c1nc2ccccc2c(=O)n1-c1ccc(Cl)cc1. The van der Waals surface area contributed by atoms with Crippen molar-refractivity contribution in [2.75, 3.05) is 6.54 Å². The third kappa shape index (κ3) is 4.69. The molecule has 0 spiro atoms. The summed E-state index contributed by atoms with van der Waals surface area (Å²) in [4.78, 5) is 33.7. The summed E-state index contributed by atoms with van der Waals surface area (Å²) in [6.07, 6.45) is 0.708. The van der Waals surface area contributed by atoms with Crippen LogP contribution in [-0.4, -0.2) is 26.9 Å². The van der Waals surface area contributed by atoms with Crippen LogP contribution in [0, 0.1) is 0 Å². The van der Waals surface area contributed by atoms with Gasteiger partial charge in [-0.3, -0.25) is 14.2 Å². The maximum Gasteiger partial charge on any atom is 0.266 e. The molecule has 8 heteroatoms. The van der Waals surface area contributed by atoms with E-state index in [4.69, 9.17) is 39.8 Å². The van der Waals surface area contributed by atoms with E-state index in [1.54, 1.807) is 70.1 Å². The number of benzene rings is 3. The average Bonchev–Trinajstić information content (AvgIpc) is 2.82. The minimum absolute atomic E-state index is 0.219. The first-order valence-electron chi connectivity index (χ1n) is 10.9. The number of para-hydroxylation sites is 1. The molecule has 174 valence electrons. The van der Waals surface area contributed by atoms with Crippen LogP contribution in [0.3, 0.4) is 0 Å². The second-order valence-corrected chi connectivity index (χ2v) is 9.18. The van der Waals surface area contributed by atoms with Crippen LogP contribution in [0.1, 0.15) is 42.5 Å². The zero-order chi connectivity index (χ0) is 24.4. The van der Waals surface area contributed by atoms with Crippen molar-refractivity contribution in [1.29, 1.82) is 0 Å². The number of rotatable bonds is 6. The molecule has 0 aliphatic carbocycles. The average molecular weight is 515 g/mol. The van der Waals surface area contributed by atoms with Crippen molar-refractivity contribution in [2.24, 2.45) is 0 Å². The highest BCUT2D eigenvalue weighted by Gasteiger charge is 2.28. The Bertz CT molecular complexity index is 1420. The van der Waals surface area contributed by atoms with Gasteiger partial charge in [0.05, 0.1) is 33.2 Å². The number of carbonyl (C=O) groups is 1. The molecule has 0 bridgehead atoms. The van der Waals surface area contributed by atoms with E-state index in [1.807, 2.05) is 19.9 Å². The quantitative estimate of drug-likeness (QED) is 0.279. The zero-order valence-electron chi connectivity index (χ0n) is 18.6. The lowest BCUT2D eigenvalue weighted by atomic mass is 10.1. The topological polar surface area (TPSA) is 55.2 Å². The number of amides is 1. The smallest absolute Gasteiger partial charge is 0.266 e. The molecule has 1 heterocycles. The van der Waals surface area contributed by atoms with Gasteiger partial charge in [-0.1, -0.05) is 53.9 Å². The van der Waals surface area contributed by atoms with Gasteiger partial charge in [-0.15, -0.1) is 0 Å². The maximum atomic E-state index is 13.6. The van der Waals surface area contributed by atoms with Crippen LogP contribution in [0.25, 0.3) is 16.6 Å². The summed E-state index contributed by atoms with van der Waals surface area (Å²) in [5.41, 5.74) is 1.30. The zero-order valence-corrected chi connectivity index (χ0v) is 20.9. The van der Waals surface area contributed by atoms with Gasteiger partial charge in [0.1, 0.15) is 5.82 Å². The molecular formula is C26H22Cl3N3O2. The number of fused-ring (bicyclic) bond motifs is 1. The molecule has 0 aliphatic rings. The van der Waals surface area contributed by atoms with Crippen LogP contribution < -0.4 is 5.56 Å². The van der Waals surface area contributed by atoms with Crippen molar-refractivity contribution in [3.63, 3.8) is 0 Å². The van der Waals surface area contributed by atoms with Gasteiger partial charge in [0.2, 0.25) is 0 Å². The molecule has 0 saturated heterocycles. The molecule has 1 aromatic heterocycles. The van der Waals surface area contributed by atoms with E-state index in [0.29, 0.717) is 51.0 Å². The normalized spacial score (nSPS) is 12.0. The molecule has 1 atom stereocenters. The largest absolute Gasteiger partial charge is 0.329 e. The highest BCUT2D eigenvalue weighted by Crippen LogP contribution is 2.28. The Morgan fingerprint density at radius 3 is 2.35 bits per heavy atom. The molecule has 34 heavy (non-hydrogen) atoms. The number of hydrogen-bond donors (Lipinski definition) is 0. The Morgan fingerprint density at radius 1 is 1.00 bits per heavy atom. The Morgan fingerprint density at radius 2 is 1.68 bits per heavy atom. The van der Waals surface area contributed by atoms with Crippen molar-refractivity contribution in [3.05, 3.63) is 104 Å². The van der Waals surface area contributed by atoms with E-state index >= 15 is 0 Å². The molecule has 0 aliphatic heterocycles. The molecular weight excluding hydrogens is 493 g/mol. The monoisotopic (exact) mass is 513 g/mol. The van der Waals surface area contributed by atoms with Crippen LogP contribution >= 0.6 is 34.8 Å². The molecule has 0 N–H and O–H groups in total. The van der Waals surface area contributed by atoms with E-state index in [-0.39, 0.29) is 16.5 Å². The summed E-state index contributed by atoms with van der Waals surface area (Å²) in [5.74, 6) is 0.180. The third-order valence-corrected chi connectivity index (χ3v) is 6.41. The van der Waals surface area contributed by atoms with E-state index < -0.39 is 6.04 Å². The lowest BCUT2D eigenvalue weighted by Crippen LogP contribution is -2.38. The van der Waals surface area contributed by atoms with Crippen molar-refractivity contribution in [3.8, 4) is 5.69 Å². The molecule has 4 aromatic rings. The van der Waals surface area contributed by atoms with E-state index in [0.717, 1.165) is 0 Å². The second kappa shape index (κ2) is 10.2. The van der Waals surface area contributed by atoms with Crippen molar-refractivity contribution >= 4 is 51.6 Å². The Hall–Kier alpha value is -2.86. The van der Waals surface area contributed by atoms with Crippen LogP contribution in [0.4, 0.5) is 0 Å². The van der Waals surface area contributed by atoms with Gasteiger partial charge in [-0.05, 0) is 67.9 Å². The van der Waals surface area contributed by atoms with Crippen LogP contribution in [-0.2, 0) is 0 Å². The lowest BCUT2D eigenvalue weighted by Gasteiger charge is -2.30. The highest BCUT2D eigenvalue weighted by molar-refractivity contribution is 6.36. The van der Waals surface area contributed by atoms with Crippen LogP contribution in [0.2, 0.25) is 15.1 Å². The number of aromatic nitrogens is 2. The van der Waals surface area contributed by atoms with Gasteiger partial charge >= 0.3 is 0 Å². The summed E-state index contributed by atoms with van der Waals surface area (Å²) in [5, 5.41) is 1.76. The van der Waals surface area contributed by atoms with Crippen LogP contribution in [0.5, 0.6) is 0 Å². The maximum absolute atomic E-state index is 13.6. The first kappa shape index (κ1) is 24.3. The Kier molecular flexibility index (Phi) is 7.27. The fraction of sp³-hybridized carbons (Fsp3) is 0.192. The van der Waals surface area contributed by atoms with Gasteiger partial charge in [0.15, 0.2) is 0 Å². The Labute approximate surface area is 212 Å². The molecule has 3 aromatic carbocycles. The molecule has 0 fully saturated rings. The van der Waals surface area contributed by atoms with Crippen molar-refractivity contribution < 1.29 is 4.79 Å². The molecule has 5 nitrogen and oxygen atoms in total. The van der Waals surface area contributed by atoms with Crippen LogP contribution in [0.15, 0.2) is 71.5 Å². The lowest BCUT2D eigenvalue weighted by molar-refractivity contribution is 0.0681. The standard InChI is InChI=1S/C26H22Cl3N3O2/c1-3-14-31(25(33)20-13-10-18(28)15-22(20)29)16(2)24-30-23-7-5-4-6-21(23)26(34)32(24)19-11-8-17(27)9-12-19/h4-13,15-16H,3,14H2,1-2H3. The van der Waals surface area contributed by atoms with Crippen molar-refractivity contribution in [2.45, 2.75) is 26.3 Å².